The van der Waals surface area contributed by atoms with Gasteiger partial charge in [-0.3, -0.25) is 32.5 Å². The van der Waals surface area contributed by atoms with E-state index in [2.05, 4.69) is 34.4 Å². The lowest BCUT2D eigenvalue weighted by atomic mass is 9.87. The molecule has 0 radical (unpaired) electrons. The lowest BCUT2D eigenvalue weighted by Gasteiger charge is -2.30. The highest BCUT2D eigenvalue weighted by Crippen LogP contribution is 2.61. The largest absolute Gasteiger partial charge is 0.481 e. The van der Waals surface area contributed by atoms with E-state index >= 15 is 0 Å². The molecule has 2 amide bonds. The number of phosphoric ester groups is 3. The van der Waals surface area contributed by atoms with E-state index in [1.165, 1.54) is 13.8 Å². The van der Waals surface area contributed by atoms with Gasteiger partial charge < -0.3 is 56.6 Å². The molecule has 2 aromatic heterocycles. The number of fused-ring (bicyclic) bond motifs is 1. The van der Waals surface area contributed by atoms with Gasteiger partial charge in [0.1, 0.15) is 36.3 Å². The SMILES string of the molecule is CC(C)(COP(=O)(O)OP(=O)(O)OCC1O[C@@H](n2cnc3c(N)ncnc32)[C@H](O)C1OP(=O)(O)O)[C@@H](O)C(=O)NCCC(=O)NCCSC(=O)c1ccccc1N. The number of carbonyl (C=O) groups is 3. The molecule has 316 valence electrons. The van der Waals surface area contributed by atoms with Crippen molar-refractivity contribution in [2.75, 3.05) is 43.5 Å². The van der Waals surface area contributed by atoms with E-state index in [4.69, 9.17) is 25.3 Å². The molecule has 1 fully saturated rings. The van der Waals surface area contributed by atoms with Gasteiger partial charge >= 0.3 is 23.5 Å². The van der Waals surface area contributed by atoms with Crippen molar-refractivity contribution >= 4 is 74.8 Å². The van der Waals surface area contributed by atoms with Crippen LogP contribution in [0.25, 0.3) is 11.2 Å². The van der Waals surface area contributed by atoms with Gasteiger partial charge in [0.2, 0.25) is 16.9 Å². The van der Waals surface area contributed by atoms with Gasteiger partial charge in [0.15, 0.2) is 17.7 Å². The number of hydrogen-bond donors (Lipinski definition) is 10. The molecular weight excluding hydrogens is 845 g/mol. The van der Waals surface area contributed by atoms with Crippen molar-refractivity contribution in [3.8, 4) is 0 Å². The van der Waals surface area contributed by atoms with E-state index in [0.29, 0.717) is 11.3 Å². The molecule has 7 atom stereocenters. The standard InChI is InChI=1S/C28H41N8O17P3S/c1-28(2,22(39)25(40)32-8-7-18(37)31-9-10-57-27(41)15-5-3-4-6-16(15)29)12-50-56(47,48)53-55(45,46)49-11-17-21(52-54(42,43)44)20(38)26(51-17)36-14-35-19-23(30)33-13-34-24(19)36/h3-6,13-14,17,20-22,26,38-39H,7-12,29H2,1-2H3,(H,31,37)(H,32,40)(H,45,46)(H,47,48)(H2,30,33,34)(H2,42,43,44)/t17?,20-,21?,22+,26-/m1/s1. The van der Waals surface area contributed by atoms with Crippen LogP contribution in [0.1, 0.15) is 36.9 Å². The molecule has 4 rings (SSSR count). The molecule has 57 heavy (non-hydrogen) atoms. The van der Waals surface area contributed by atoms with Gasteiger partial charge in [-0.2, -0.15) is 4.31 Å². The first-order chi connectivity index (χ1) is 26.5. The van der Waals surface area contributed by atoms with Crippen LogP contribution in [0.3, 0.4) is 0 Å². The number of rotatable bonds is 20. The average Bonchev–Trinajstić information content (AvgIpc) is 3.68. The first-order valence-electron chi connectivity index (χ1n) is 16.4. The predicted molar refractivity (Wildman–Crippen MR) is 197 cm³/mol. The fourth-order valence-corrected chi connectivity index (χ4v) is 8.59. The molecule has 0 spiro atoms. The van der Waals surface area contributed by atoms with Crippen LogP contribution in [0, 0.1) is 5.41 Å². The number of ether oxygens (including phenoxy) is 1. The number of imidazole rings is 1. The molecule has 29 heteroatoms. The Morgan fingerprint density at radius 1 is 1.02 bits per heavy atom. The molecule has 1 aliphatic rings. The third-order valence-electron chi connectivity index (χ3n) is 7.92. The minimum Gasteiger partial charge on any atom is -0.398 e. The van der Waals surface area contributed by atoms with Crippen LogP contribution in [-0.2, 0) is 45.9 Å². The minimum atomic E-state index is -5.58. The van der Waals surface area contributed by atoms with Crippen molar-refractivity contribution in [1.82, 2.24) is 30.2 Å². The number of thioether (sulfide) groups is 1. The average molecular weight is 887 g/mol. The predicted octanol–water partition coefficient (Wildman–Crippen LogP) is -0.439. The van der Waals surface area contributed by atoms with Crippen LogP contribution in [0.15, 0.2) is 36.9 Å². The molecule has 3 heterocycles. The Morgan fingerprint density at radius 3 is 2.39 bits per heavy atom. The Bertz CT molecular complexity index is 2070. The topological polar surface area (TPSA) is 390 Å². The number of nitrogens with zero attached hydrogens (tertiary/aromatic N) is 4. The van der Waals surface area contributed by atoms with Crippen LogP contribution in [-0.4, -0.2) is 123 Å². The minimum absolute atomic E-state index is 0.0265. The summed E-state index contributed by atoms with van der Waals surface area (Å²) in [6.45, 7) is 0.364. The van der Waals surface area contributed by atoms with Crippen LogP contribution < -0.4 is 22.1 Å². The fraction of sp³-hybridized carbons (Fsp3) is 0.500. The lowest BCUT2D eigenvalue weighted by molar-refractivity contribution is -0.137. The number of phosphoric acid groups is 3. The first kappa shape index (κ1) is 46.3. The maximum absolute atomic E-state index is 12.7. The van der Waals surface area contributed by atoms with Crippen LogP contribution in [0.5, 0.6) is 0 Å². The summed E-state index contributed by atoms with van der Waals surface area (Å²) in [5, 5.41) is 26.1. The normalized spacial score (nSPS) is 21.4. The number of aliphatic hydroxyl groups is 2. The second kappa shape index (κ2) is 19.1. The number of carbonyl (C=O) groups excluding carboxylic acids is 3. The third-order valence-corrected chi connectivity index (χ3v) is 11.9. The second-order valence-corrected chi connectivity index (χ2v) is 18.1. The van der Waals surface area contributed by atoms with E-state index < -0.39 is 84.6 Å². The Kier molecular flexibility index (Phi) is 15.5. The molecular formula is C28H41N8O17P3S. The highest BCUT2D eigenvalue weighted by Gasteiger charge is 2.50. The molecule has 12 N–H and O–H groups in total. The first-order valence-corrected chi connectivity index (χ1v) is 21.9. The molecule has 1 aliphatic heterocycles. The van der Waals surface area contributed by atoms with E-state index in [9.17, 15) is 57.9 Å². The van der Waals surface area contributed by atoms with Gasteiger partial charge in [0, 0.05) is 36.4 Å². The molecule has 25 nitrogen and oxygen atoms in total. The molecule has 0 aliphatic carbocycles. The zero-order chi connectivity index (χ0) is 42.3. The molecule has 0 saturated carbocycles. The third kappa shape index (κ3) is 13.0. The Labute approximate surface area is 327 Å². The van der Waals surface area contributed by atoms with Crippen molar-refractivity contribution in [3.63, 3.8) is 0 Å². The summed E-state index contributed by atoms with van der Waals surface area (Å²) < 4.78 is 62.1. The molecule has 1 saturated heterocycles. The summed E-state index contributed by atoms with van der Waals surface area (Å²) in [7, 11) is -16.4. The summed E-state index contributed by atoms with van der Waals surface area (Å²) in [6, 6.07) is 6.54. The smallest absolute Gasteiger partial charge is 0.398 e. The van der Waals surface area contributed by atoms with Gasteiger partial charge in [-0.1, -0.05) is 37.7 Å². The maximum Gasteiger partial charge on any atom is 0.481 e. The van der Waals surface area contributed by atoms with Gasteiger partial charge in [0.25, 0.3) is 0 Å². The lowest BCUT2D eigenvalue weighted by Crippen LogP contribution is -2.46. The summed E-state index contributed by atoms with van der Waals surface area (Å²) in [5.41, 5.74) is 10.7. The van der Waals surface area contributed by atoms with Gasteiger partial charge in [-0.15, -0.1) is 0 Å². The highest BCUT2D eigenvalue weighted by molar-refractivity contribution is 8.14. The Morgan fingerprint density at radius 2 is 1.70 bits per heavy atom. The quantitative estimate of drug-likeness (QED) is 0.0390. The Balaban J connectivity index is 1.23. The van der Waals surface area contributed by atoms with Gasteiger partial charge in [-0.05, 0) is 12.1 Å². The zero-order valence-electron chi connectivity index (χ0n) is 30.0. The number of nitrogen functional groups attached to an aromatic ring is 2. The number of nitrogens with two attached hydrogens (primary N) is 2. The second-order valence-electron chi connectivity index (χ2n) is 12.8. The van der Waals surface area contributed by atoms with E-state index in [-0.39, 0.29) is 47.4 Å². The van der Waals surface area contributed by atoms with Crippen molar-refractivity contribution in [2.45, 2.75) is 50.9 Å². The van der Waals surface area contributed by atoms with E-state index in [1.807, 2.05) is 0 Å². The zero-order valence-corrected chi connectivity index (χ0v) is 33.5. The Hall–Kier alpha value is -3.42. The molecule has 1 aromatic carbocycles. The molecule has 0 bridgehead atoms. The number of aliphatic hydroxyl groups excluding tert-OH is 2. The van der Waals surface area contributed by atoms with Gasteiger partial charge in [-0.25, -0.2) is 28.6 Å². The van der Waals surface area contributed by atoms with Crippen molar-refractivity contribution in [3.05, 3.63) is 42.5 Å². The number of nitrogens with one attached hydrogen (secondary N) is 2. The summed E-state index contributed by atoms with van der Waals surface area (Å²) in [6.07, 6.45) is -6.99. The number of anilines is 2. The van der Waals surface area contributed by atoms with Crippen molar-refractivity contribution < 1.29 is 80.5 Å². The molecule has 3 aromatic rings. The summed E-state index contributed by atoms with van der Waals surface area (Å²) in [5.74, 6) is -1.26. The number of para-hydroxylation sites is 1. The number of hydrogen-bond acceptors (Lipinski definition) is 19. The number of aromatic nitrogens is 4. The summed E-state index contributed by atoms with van der Waals surface area (Å²) in [4.78, 5) is 87.9. The van der Waals surface area contributed by atoms with Crippen molar-refractivity contribution in [2.24, 2.45) is 5.41 Å². The van der Waals surface area contributed by atoms with Crippen LogP contribution in [0.4, 0.5) is 11.5 Å². The van der Waals surface area contributed by atoms with Crippen LogP contribution >= 0.6 is 35.2 Å². The highest BCUT2D eigenvalue weighted by atomic mass is 32.2. The number of benzene rings is 1. The maximum atomic E-state index is 12.7. The van der Waals surface area contributed by atoms with Gasteiger partial charge in [0.05, 0.1) is 25.1 Å². The summed E-state index contributed by atoms with van der Waals surface area (Å²) >= 11 is 0.957. The van der Waals surface area contributed by atoms with E-state index in [1.54, 1.807) is 24.3 Å². The number of amides is 2. The van der Waals surface area contributed by atoms with E-state index in [0.717, 1.165) is 29.0 Å². The van der Waals surface area contributed by atoms with Crippen LogP contribution in [0.2, 0.25) is 0 Å². The molecule has 4 unspecified atom stereocenters. The van der Waals surface area contributed by atoms with Crippen molar-refractivity contribution in [1.29, 1.82) is 0 Å². The monoisotopic (exact) mass is 886 g/mol. The fourth-order valence-electron chi connectivity index (χ4n) is 5.03.